The van der Waals surface area contributed by atoms with Crippen molar-refractivity contribution in [2.75, 3.05) is 0 Å². The van der Waals surface area contributed by atoms with Crippen molar-refractivity contribution in [1.82, 2.24) is 4.98 Å². The van der Waals surface area contributed by atoms with Crippen molar-refractivity contribution in [3.05, 3.63) is 54.1 Å². The molecule has 0 saturated heterocycles. The summed E-state index contributed by atoms with van der Waals surface area (Å²) in [5.41, 5.74) is 2.82. The van der Waals surface area contributed by atoms with Crippen LogP contribution in [0.5, 0.6) is 0 Å². The predicted octanol–water partition coefficient (Wildman–Crippen LogP) is 2.77. The monoisotopic (exact) mass is 337 g/mol. The average molecular weight is 335 g/mol. The average Bonchev–Trinajstić information content (AvgIpc) is 2.82. The van der Waals surface area contributed by atoms with Crippen molar-refractivity contribution in [3.8, 4) is 9.27 Å². The Bertz CT molecular complexity index is 654. The van der Waals surface area contributed by atoms with Crippen LogP contribution in [0.2, 0.25) is 0 Å². The second-order valence-electron chi connectivity index (χ2n) is 3.69. The second kappa shape index (κ2) is 4.44. The first-order valence-electron chi connectivity index (χ1n) is 5.28. The quantitative estimate of drug-likeness (QED) is 0.533. The third-order valence-electron chi connectivity index (χ3n) is 2.61. The molecule has 3 aromatic rings. The van der Waals surface area contributed by atoms with Gasteiger partial charge in [-0.15, -0.1) is 0 Å². The standard InChI is InChI=1S/C14H9NOTe/c16-9-10-5-1-2-6-11(10)14-15-12-7-3-4-8-13(12)17-14/h1-9H. The van der Waals surface area contributed by atoms with Crippen LogP contribution in [0.1, 0.15) is 10.4 Å². The number of carbonyl (C=O) groups is 1. The Hall–Kier alpha value is -1.43. The van der Waals surface area contributed by atoms with Crippen LogP contribution in [0.3, 0.4) is 0 Å². The molecule has 0 radical (unpaired) electrons. The maximum atomic E-state index is 11.0. The Morgan fingerprint density at radius 1 is 1.00 bits per heavy atom. The Labute approximate surface area is 109 Å². The van der Waals surface area contributed by atoms with E-state index in [0.29, 0.717) is 0 Å². The van der Waals surface area contributed by atoms with Gasteiger partial charge in [0.1, 0.15) is 0 Å². The van der Waals surface area contributed by atoms with Crippen LogP contribution in [0, 0.1) is 0 Å². The molecule has 2 aromatic carbocycles. The number of carbonyl (C=O) groups excluding carboxylic acids is 1. The predicted molar refractivity (Wildman–Crippen MR) is 69.5 cm³/mol. The summed E-state index contributed by atoms with van der Waals surface area (Å²) >= 11 is -0.447. The number of rotatable bonds is 2. The normalized spacial score (nSPS) is 10.6. The summed E-state index contributed by atoms with van der Waals surface area (Å²) in [6.45, 7) is 0. The molecule has 3 rings (SSSR count). The summed E-state index contributed by atoms with van der Waals surface area (Å²) in [4.78, 5) is 15.7. The van der Waals surface area contributed by atoms with Crippen LogP contribution in [0.4, 0.5) is 0 Å². The third kappa shape index (κ3) is 1.93. The molecule has 1 heterocycles. The molecular formula is C14H9NOTe. The molecule has 0 spiro atoms. The van der Waals surface area contributed by atoms with E-state index in [1.54, 1.807) is 0 Å². The molecule has 0 atom stereocenters. The topological polar surface area (TPSA) is 30.0 Å². The summed E-state index contributed by atoms with van der Waals surface area (Å²) < 4.78 is 2.47. The molecule has 0 fully saturated rings. The first-order chi connectivity index (χ1) is 8.38. The number of hydrogen-bond acceptors (Lipinski definition) is 2. The molecule has 0 aliphatic carbocycles. The van der Waals surface area contributed by atoms with Gasteiger partial charge >= 0.3 is 109 Å². The molecule has 17 heavy (non-hydrogen) atoms. The van der Waals surface area contributed by atoms with Crippen LogP contribution in [-0.4, -0.2) is 31.7 Å². The summed E-state index contributed by atoms with van der Waals surface area (Å²) in [7, 11) is 0. The van der Waals surface area contributed by atoms with Crippen LogP contribution in [0.25, 0.3) is 18.2 Å². The molecule has 3 heteroatoms. The molecule has 0 aliphatic heterocycles. The number of hydrogen-bond donors (Lipinski definition) is 0. The fraction of sp³-hybridized carbons (Fsp3) is 0. The minimum absolute atomic E-state index is 0.447. The van der Waals surface area contributed by atoms with E-state index in [-0.39, 0.29) is 0 Å². The molecule has 0 amide bonds. The van der Waals surface area contributed by atoms with Crippen LogP contribution in [0.15, 0.2) is 48.5 Å². The maximum absolute atomic E-state index is 11.0. The SMILES string of the molecule is O=Cc1ccccc1-c1nc2ccccc2[te]1. The molecule has 2 nitrogen and oxygen atoms in total. The number of nitrogens with zero attached hydrogens (tertiary/aromatic N) is 1. The molecule has 0 aliphatic rings. The fourth-order valence-electron chi connectivity index (χ4n) is 1.78. The van der Waals surface area contributed by atoms with Gasteiger partial charge in [0.2, 0.25) is 0 Å². The van der Waals surface area contributed by atoms with E-state index < -0.39 is 20.4 Å². The Morgan fingerprint density at radius 2 is 1.76 bits per heavy atom. The van der Waals surface area contributed by atoms with E-state index in [4.69, 9.17) is 0 Å². The van der Waals surface area contributed by atoms with E-state index in [2.05, 4.69) is 11.1 Å². The van der Waals surface area contributed by atoms with Gasteiger partial charge in [0.15, 0.2) is 0 Å². The number of aromatic nitrogens is 1. The summed E-state index contributed by atoms with van der Waals surface area (Å²) in [6, 6.07) is 15.9. The summed E-state index contributed by atoms with van der Waals surface area (Å²) in [6.07, 6.45) is 0.911. The number of aldehydes is 1. The fourth-order valence-corrected chi connectivity index (χ4v) is 4.67. The Kier molecular flexibility index (Phi) is 2.80. The zero-order chi connectivity index (χ0) is 11.7. The molecule has 82 valence electrons. The van der Waals surface area contributed by atoms with Gasteiger partial charge in [-0.3, -0.25) is 0 Å². The number of para-hydroxylation sites is 1. The van der Waals surface area contributed by atoms with Gasteiger partial charge in [0.25, 0.3) is 0 Å². The third-order valence-corrected chi connectivity index (χ3v) is 5.67. The molecule has 0 N–H and O–H groups in total. The summed E-state index contributed by atoms with van der Waals surface area (Å²) in [5.74, 6) is 0. The van der Waals surface area contributed by atoms with E-state index in [9.17, 15) is 4.79 Å². The number of benzene rings is 2. The van der Waals surface area contributed by atoms with Gasteiger partial charge in [-0.2, -0.15) is 0 Å². The van der Waals surface area contributed by atoms with Gasteiger partial charge in [-0.1, -0.05) is 0 Å². The zero-order valence-corrected chi connectivity index (χ0v) is 11.3. The van der Waals surface area contributed by atoms with E-state index in [1.807, 2.05) is 42.5 Å². The molecule has 1 aromatic heterocycles. The van der Waals surface area contributed by atoms with E-state index in [1.165, 1.54) is 3.40 Å². The molecule has 0 bridgehead atoms. The van der Waals surface area contributed by atoms with Crippen molar-refractivity contribution in [3.63, 3.8) is 0 Å². The van der Waals surface area contributed by atoms with Crippen molar-refractivity contribution in [1.29, 1.82) is 0 Å². The number of fused-ring (bicyclic) bond motifs is 1. The van der Waals surface area contributed by atoms with E-state index in [0.717, 1.165) is 26.6 Å². The van der Waals surface area contributed by atoms with Gasteiger partial charge in [0, 0.05) is 0 Å². The Balaban J connectivity index is 2.23. The van der Waals surface area contributed by atoms with Gasteiger partial charge in [-0.25, -0.2) is 0 Å². The van der Waals surface area contributed by atoms with Crippen LogP contribution < -0.4 is 0 Å². The first-order valence-corrected chi connectivity index (χ1v) is 7.61. The van der Waals surface area contributed by atoms with Crippen molar-refractivity contribution >= 4 is 35.6 Å². The minimum atomic E-state index is -0.447. The van der Waals surface area contributed by atoms with E-state index >= 15 is 0 Å². The van der Waals surface area contributed by atoms with Gasteiger partial charge < -0.3 is 0 Å². The Morgan fingerprint density at radius 3 is 2.59 bits per heavy atom. The van der Waals surface area contributed by atoms with Crippen LogP contribution in [-0.2, 0) is 0 Å². The molecule has 0 unspecified atom stereocenters. The van der Waals surface area contributed by atoms with Gasteiger partial charge in [-0.05, 0) is 0 Å². The molecule has 0 saturated carbocycles. The first kappa shape index (κ1) is 10.7. The van der Waals surface area contributed by atoms with Gasteiger partial charge in [0.05, 0.1) is 0 Å². The van der Waals surface area contributed by atoms with Crippen molar-refractivity contribution < 1.29 is 4.79 Å². The second-order valence-corrected chi connectivity index (χ2v) is 6.63. The zero-order valence-electron chi connectivity index (χ0n) is 8.96. The van der Waals surface area contributed by atoms with Crippen LogP contribution >= 0.6 is 0 Å². The summed E-state index contributed by atoms with van der Waals surface area (Å²) in [5, 5.41) is 0. The molecular weight excluding hydrogens is 326 g/mol. The van der Waals surface area contributed by atoms with Crippen molar-refractivity contribution in [2.45, 2.75) is 0 Å². The van der Waals surface area contributed by atoms with Crippen molar-refractivity contribution in [2.24, 2.45) is 0 Å².